The second-order valence-corrected chi connectivity index (χ2v) is 9.67. The van der Waals surface area contributed by atoms with Crippen LogP contribution in [0.3, 0.4) is 0 Å². The second kappa shape index (κ2) is 9.21. The van der Waals surface area contributed by atoms with Gasteiger partial charge in [-0.3, -0.25) is 4.79 Å². The first-order valence-electron chi connectivity index (χ1n) is 10.3. The number of alkyl halides is 3. The molecule has 6 nitrogen and oxygen atoms in total. The Balaban J connectivity index is 1.67. The molecule has 1 aliphatic rings. The van der Waals surface area contributed by atoms with E-state index in [1.165, 1.54) is 24.3 Å². The van der Waals surface area contributed by atoms with E-state index in [2.05, 4.69) is 10.0 Å². The van der Waals surface area contributed by atoms with Gasteiger partial charge >= 0.3 is 6.18 Å². The average molecular weight is 471 g/mol. The Hall–Kier alpha value is -2.43. The van der Waals surface area contributed by atoms with Crippen molar-refractivity contribution in [3.05, 3.63) is 59.7 Å². The zero-order chi connectivity index (χ0) is 23.6. The Morgan fingerprint density at radius 2 is 1.78 bits per heavy atom. The molecule has 0 spiro atoms. The molecule has 3 rings (SSSR count). The van der Waals surface area contributed by atoms with Crippen LogP contribution in [0.4, 0.5) is 18.9 Å². The Morgan fingerprint density at radius 3 is 2.34 bits per heavy atom. The zero-order valence-corrected chi connectivity index (χ0v) is 18.3. The SMILES string of the molecule is CCCC(O)(c1ccc(NC(=O)Cc2cccc(S(=O)(=O)NC3CC3)c2)cc1)C(F)(F)F. The molecule has 1 atom stereocenters. The van der Waals surface area contributed by atoms with Gasteiger partial charge < -0.3 is 10.4 Å². The van der Waals surface area contributed by atoms with Crippen LogP contribution in [0.15, 0.2) is 53.4 Å². The van der Waals surface area contributed by atoms with Crippen molar-refractivity contribution in [2.45, 2.75) is 61.7 Å². The first kappa shape index (κ1) is 24.2. The molecule has 0 aromatic heterocycles. The van der Waals surface area contributed by atoms with Crippen LogP contribution >= 0.6 is 0 Å². The summed E-state index contributed by atoms with van der Waals surface area (Å²) in [6, 6.07) is 10.8. The van der Waals surface area contributed by atoms with E-state index >= 15 is 0 Å². The Morgan fingerprint density at radius 1 is 1.12 bits per heavy atom. The number of hydrogen-bond acceptors (Lipinski definition) is 4. The van der Waals surface area contributed by atoms with Gasteiger partial charge in [0.1, 0.15) is 0 Å². The number of sulfonamides is 1. The van der Waals surface area contributed by atoms with E-state index in [0.29, 0.717) is 5.56 Å². The summed E-state index contributed by atoms with van der Waals surface area (Å²) in [5.74, 6) is -0.456. The van der Waals surface area contributed by atoms with Crippen molar-refractivity contribution in [1.29, 1.82) is 0 Å². The highest BCUT2D eigenvalue weighted by molar-refractivity contribution is 7.89. The molecule has 0 aliphatic heterocycles. The van der Waals surface area contributed by atoms with E-state index in [4.69, 9.17) is 0 Å². The van der Waals surface area contributed by atoms with Crippen molar-refractivity contribution in [1.82, 2.24) is 4.72 Å². The van der Waals surface area contributed by atoms with Crippen LogP contribution in [0.25, 0.3) is 0 Å². The van der Waals surface area contributed by atoms with Gasteiger partial charge in [-0.25, -0.2) is 13.1 Å². The van der Waals surface area contributed by atoms with Crippen molar-refractivity contribution in [2.75, 3.05) is 5.32 Å². The van der Waals surface area contributed by atoms with Gasteiger partial charge in [0.25, 0.3) is 0 Å². The van der Waals surface area contributed by atoms with Gasteiger partial charge in [-0.05, 0) is 54.7 Å². The molecule has 3 N–H and O–H groups in total. The van der Waals surface area contributed by atoms with E-state index in [1.807, 2.05) is 0 Å². The number of carbonyl (C=O) groups excluding carboxylic acids is 1. The highest BCUT2D eigenvalue weighted by atomic mass is 32.2. The summed E-state index contributed by atoms with van der Waals surface area (Å²) in [5, 5.41) is 12.7. The predicted molar refractivity (Wildman–Crippen MR) is 113 cm³/mol. The van der Waals surface area contributed by atoms with Crippen LogP contribution in [0.5, 0.6) is 0 Å². The van der Waals surface area contributed by atoms with E-state index in [1.54, 1.807) is 19.1 Å². The molecular weight excluding hydrogens is 445 g/mol. The minimum Gasteiger partial charge on any atom is -0.376 e. The van der Waals surface area contributed by atoms with Gasteiger partial charge in [-0.2, -0.15) is 13.2 Å². The van der Waals surface area contributed by atoms with Crippen molar-refractivity contribution in [3.8, 4) is 0 Å². The minimum absolute atomic E-state index is 0.0396. The molecule has 0 saturated heterocycles. The third kappa shape index (κ3) is 5.67. The first-order valence-corrected chi connectivity index (χ1v) is 11.7. The zero-order valence-electron chi connectivity index (χ0n) is 17.4. The van der Waals surface area contributed by atoms with E-state index in [0.717, 1.165) is 25.0 Å². The maximum atomic E-state index is 13.4. The van der Waals surface area contributed by atoms with Crippen LogP contribution < -0.4 is 10.0 Å². The largest absolute Gasteiger partial charge is 0.421 e. The molecule has 10 heteroatoms. The number of carbonyl (C=O) groups is 1. The van der Waals surface area contributed by atoms with Gasteiger partial charge in [0.15, 0.2) is 5.60 Å². The fourth-order valence-electron chi connectivity index (χ4n) is 3.34. The monoisotopic (exact) mass is 470 g/mol. The molecule has 32 heavy (non-hydrogen) atoms. The minimum atomic E-state index is -4.83. The van der Waals surface area contributed by atoms with Crippen LogP contribution in [0.2, 0.25) is 0 Å². The lowest BCUT2D eigenvalue weighted by Gasteiger charge is -2.30. The van der Waals surface area contributed by atoms with Crippen LogP contribution in [-0.2, 0) is 26.8 Å². The highest BCUT2D eigenvalue weighted by Gasteiger charge is 2.54. The number of rotatable bonds is 9. The smallest absolute Gasteiger partial charge is 0.376 e. The van der Waals surface area contributed by atoms with E-state index in [9.17, 15) is 31.5 Å². The lowest BCUT2D eigenvalue weighted by molar-refractivity contribution is -0.269. The van der Waals surface area contributed by atoms with Gasteiger partial charge in [-0.15, -0.1) is 0 Å². The molecule has 0 bridgehead atoms. The molecule has 1 unspecified atom stereocenters. The molecule has 2 aromatic carbocycles. The summed E-state index contributed by atoms with van der Waals surface area (Å²) in [6.45, 7) is 1.55. The fraction of sp³-hybridized carbons (Fsp3) is 0.409. The topological polar surface area (TPSA) is 95.5 Å². The third-order valence-corrected chi connectivity index (χ3v) is 6.72. The molecule has 1 fully saturated rings. The molecular formula is C22H25F3N2O4S. The van der Waals surface area contributed by atoms with Crippen LogP contribution in [-0.4, -0.2) is 31.6 Å². The normalized spacial score (nSPS) is 16.4. The standard InChI is InChI=1S/C22H25F3N2O4S/c1-2-12-21(29,22(23,24)25)16-6-8-17(9-7-16)26-20(28)14-15-4-3-5-19(13-15)32(30,31)27-18-10-11-18/h3-9,13,18,27,29H,2,10-12,14H2,1H3,(H,26,28). The van der Waals surface area contributed by atoms with Crippen LogP contribution in [0.1, 0.15) is 43.7 Å². The summed E-state index contributed by atoms with van der Waals surface area (Å²) in [7, 11) is -3.65. The molecule has 0 heterocycles. The molecule has 1 aliphatic carbocycles. The first-order chi connectivity index (χ1) is 14.9. The number of nitrogens with one attached hydrogen (secondary N) is 2. The average Bonchev–Trinajstić information content (AvgIpc) is 3.51. The van der Waals surface area contributed by atoms with Crippen molar-refractivity contribution in [2.24, 2.45) is 0 Å². The summed E-state index contributed by atoms with van der Waals surface area (Å²) in [6.07, 6.45) is -3.67. The van der Waals surface area contributed by atoms with Crippen molar-refractivity contribution >= 4 is 21.6 Å². The summed E-state index contributed by atoms with van der Waals surface area (Å²) in [4.78, 5) is 12.4. The number of amides is 1. The number of aliphatic hydroxyl groups is 1. The highest BCUT2D eigenvalue weighted by Crippen LogP contribution is 2.42. The number of benzene rings is 2. The summed E-state index contributed by atoms with van der Waals surface area (Å²) < 4.78 is 67.3. The summed E-state index contributed by atoms with van der Waals surface area (Å²) in [5.41, 5.74) is -2.51. The van der Waals surface area contributed by atoms with Crippen molar-refractivity contribution in [3.63, 3.8) is 0 Å². The lowest BCUT2D eigenvalue weighted by atomic mass is 9.88. The number of anilines is 1. The fourth-order valence-corrected chi connectivity index (χ4v) is 4.72. The molecule has 2 aromatic rings. The Kier molecular flexibility index (Phi) is 6.97. The van der Waals surface area contributed by atoms with E-state index < -0.39 is 34.1 Å². The predicted octanol–water partition coefficient (Wildman–Crippen LogP) is 3.86. The molecule has 1 saturated carbocycles. The van der Waals surface area contributed by atoms with E-state index in [-0.39, 0.29) is 35.0 Å². The van der Waals surface area contributed by atoms with Crippen LogP contribution in [0, 0.1) is 0 Å². The maximum absolute atomic E-state index is 13.4. The quantitative estimate of drug-likeness (QED) is 0.519. The number of hydrogen-bond donors (Lipinski definition) is 3. The molecule has 0 radical (unpaired) electrons. The maximum Gasteiger partial charge on any atom is 0.421 e. The van der Waals surface area contributed by atoms with Crippen molar-refractivity contribution < 1.29 is 31.5 Å². The Bertz CT molecular complexity index is 1070. The number of halogens is 3. The van der Waals surface area contributed by atoms with Gasteiger partial charge in [0, 0.05) is 11.7 Å². The molecule has 1 amide bonds. The second-order valence-electron chi connectivity index (χ2n) is 7.95. The van der Waals surface area contributed by atoms with Gasteiger partial charge in [-0.1, -0.05) is 37.6 Å². The summed E-state index contributed by atoms with van der Waals surface area (Å²) >= 11 is 0. The van der Waals surface area contributed by atoms with Gasteiger partial charge in [0.2, 0.25) is 15.9 Å². The third-order valence-electron chi connectivity index (χ3n) is 5.20. The van der Waals surface area contributed by atoms with Gasteiger partial charge in [0.05, 0.1) is 11.3 Å². The Labute approximate surface area is 184 Å². The lowest BCUT2D eigenvalue weighted by Crippen LogP contribution is -2.42. The molecule has 174 valence electrons.